The van der Waals surface area contributed by atoms with Crippen LogP contribution in [0.1, 0.15) is 43.7 Å². The maximum atomic E-state index is 13.3. The van der Waals surface area contributed by atoms with Gasteiger partial charge in [0.15, 0.2) is 0 Å². The van der Waals surface area contributed by atoms with Crippen LogP contribution >= 0.6 is 0 Å². The van der Waals surface area contributed by atoms with Crippen molar-refractivity contribution >= 4 is 0 Å². The number of rotatable bonds is 2. The average molecular weight is 194 g/mol. The molecule has 2 heteroatoms. The molecule has 14 heavy (non-hydrogen) atoms. The van der Waals surface area contributed by atoms with Gasteiger partial charge in [-0.15, -0.1) is 0 Å². The Morgan fingerprint density at radius 1 is 1.36 bits per heavy atom. The van der Waals surface area contributed by atoms with Crippen LogP contribution in [0.5, 0.6) is 0 Å². The van der Waals surface area contributed by atoms with Crippen LogP contribution in [0.15, 0.2) is 18.2 Å². The Hall–Kier alpha value is -0.890. The van der Waals surface area contributed by atoms with Crippen LogP contribution < -0.4 is 0 Å². The Labute approximate surface area is 83.6 Å². The van der Waals surface area contributed by atoms with Gasteiger partial charge in [-0.2, -0.15) is 0 Å². The largest absolute Gasteiger partial charge is 0.385 e. The number of hydrogen-bond donors (Lipinski definition) is 1. The topological polar surface area (TPSA) is 20.2 Å². The molecular weight excluding hydrogens is 179 g/mol. The van der Waals surface area contributed by atoms with Crippen molar-refractivity contribution < 1.29 is 9.50 Å². The molecule has 76 valence electrons. The summed E-state index contributed by atoms with van der Waals surface area (Å²) in [7, 11) is 0. The Morgan fingerprint density at radius 3 is 2.50 bits per heavy atom. The zero-order valence-corrected chi connectivity index (χ0v) is 8.55. The van der Waals surface area contributed by atoms with Crippen LogP contribution in [-0.2, 0) is 5.60 Å². The van der Waals surface area contributed by atoms with E-state index >= 15 is 0 Å². The van der Waals surface area contributed by atoms with Gasteiger partial charge in [0.1, 0.15) is 5.82 Å². The van der Waals surface area contributed by atoms with E-state index < -0.39 is 5.60 Å². The molecule has 0 amide bonds. The van der Waals surface area contributed by atoms with Gasteiger partial charge in [0.25, 0.3) is 0 Å². The molecule has 0 spiro atoms. The molecule has 0 aliphatic heterocycles. The first kappa shape index (κ1) is 9.66. The highest BCUT2D eigenvalue weighted by Gasteiger charge is 2.42. The standard InChI is InChI=1S/C12H15FO/c1-8(2)10-7-9(3-4-11(10)13)12(14)5-6-12/h3-4,7-8,14H,5-6H2,1-2H3. The smallest absolute Gasteiger partial charge is 0.126 e. The van der Waals surface area contributed by atoms with Crippen LogP contribution in [0.25, 0.3) is 0 Å². The summed E-state index contributed by atoms with van der Waals surface area (Å²) in [5.41, 5.74) is 0.905. The molecule has 1 aromatic carbocycles. The fraction of sp³-hybridized carbons (Fsp3) is 0.500. The van der Waals surface area contributed by atoms with E-state index in [0.29, 0.717) is 5.56 Å². The quantitative estimate of drug-likeness (QED) is 0.767. The average Bonchev–Trinajstić information content (AvgIpc) is 2.85. The first-order valence-electron chi connectivity index (χ1n) is 5.05. The van der Waals surface area contributed by atoms with Crippen molar-refractivity contribution in [3.05, 3.63) is 35.1 Å². The fourth-order valence-electron chi connectivity index (χ4n) is 1.68. The predicted molar refractivity (Wildman–Crippen MR) is 53.6 cm³/mol. The third-order valence-corrected chi connectivity index (χ3v) is 2.88. The van der Waals surface area contributed by atoms with Crippen molar-refractivity contribution in [3.63, 3.8) is 0 Å². The lowest BCUT2D eigenvalue weighted by molar-refractivity contribution is 0.151. The van der Waals surface area contributed by atoms with Crippen LogP contribution in [0, 0.1) is 5.82 Å². The minimum absolute atomic E-state index is 0.164. The molecule has 1 fully saturated rings. The predicted octanol–water partition coefficient (Wildman–Crippen LogP) is 2.93. The Morgan fingerprint density at radius 2 is 2.00 bits per heavy atom. The summed E-state index contributed by atoms with van der Waals surface area (Å²) < 4.78 is 13.3. The maximum absolute atomic E-state index is 13.3. The van der Waals surface area contributed by atoms with E-state index in [9.17, 15) is 9.50 Å². The zero-order valence-electron chi connectivity index (χ0n) is 8.55. The molecule has 0 aromatic heterocycles. The molecule has 0 saturated heterocycles. The molecule has 0 unspecified atom stereocenters. The zero-order chi connectivity index (χ0) is 10.3. The minimum Gasteiger partial charge on any atom is -0.385 e. The summed E-state index contributed by atoms with van der Waals surface area (Å²) in [6.45, 7) is 3.91. The Bertz CT molecular complexity index is 353. The highest BCUT2D eigenvalue weighted by molar-refractivity contribution is 5.33. The molecule has 1 saturated carbocycles. The highest BCUT2D eigenvalue weighted by Crippen LogP contribution is 2.45. The van der Waals surface area contributed by atoms with Crippen molar-refractivity contribution in [1.82, 2.24) is 0 Å². The minimum atomic E-state index is -0.655. The van der Waals surface area contributed by atoms with Crippen molar-refractivity contribution in [2.75, 3.05) is 0 Å². The molecule has 2 rings (SSSR count). The van der Waals surface area contributed by atoms with Gasteiger partial charge in [0.2, 0.25) is 0 Å². The van der Waals surface area contributed by atoms with Crippen molar-refractivity contribution in [2.45, 2.75) is 38.2 Å². The van der Waals surface area contributed by atoms with Crippen LogP contribution in [0.4, 0.5) is 4.39 Å². The first-order chi connectivity index (χ1) is 6.53. The van der Waals surface area contributed by atoms with Crippen molar-refractivity contribution in [1.29, 1.82) is 0 Å². The van der Waals surface area contributed by atoms with Gasteiger partial charge in [-0.1, -0.05) is 19.9 Å². The molecule has 0 radical (unpaired) electrons. The Balaban J connectivity index is 2.41. The fourth-order valence-corrected chi connectivity index (χ4v) is 1.68. The SMILES string of the molecule is CC(C)c1cc(C2(O)CC2)ccc1F. The summed E-state index contributed by atoms with van der Waals surface area (Å²) in [4.78, 5) is 0. The number of aliphatic hydroxyl groups is 1. The third-order valence-electron chi connectivity index (χ3n) is 2.88. The first-order valence-corrected chi connectivity index (χ1v) is 5.05. The van der Waals surface area contributed by atoms with E-state index in [2.05, 4.69) is 0 Å². The third kappa shape index (κ3) is 1.55. The van der Waals surface area contributed by atoms with E-state index in [1.807, 2.05) is 13.8 Å². The molecule has 1 N–H and O–H groups in total. The summed E-state index contributed by atoms with van der Waals surface area (Å²) in [5.74, 6) is -0.00898. The van der Waals surface area contributed by atoms with Gasteiger partial charge in [-0.25, -0.2) is 4.39 Å². The van der Waals surface area contributed by atoms with Gasteiger partial charge in [0, 0.05) is 0 Å². The van der Waals surface area contributed by atoms with Gasteiger partial charge in [-0.05, 0) is 42.0 Å². The van der Waals surface area contributed by atoms with Gasteiger partial charge in [0.05, 0.1) is 5.60 Å². The van der Waals surface area contributed by atoms with Crippen LogP contribution in [0.2, 0.25) is 0 Å². The lowest BCUT2D eigenvalue weighted by atomic mass is 9.97. The van der Waals surface area contributed by atoms with Gasteiger partial charge >= 0.3 is 0 Å². The maximum Gasteiger partial charge on any atom is 0.126 e. The van der Waals surface area contributed by atoms with E-state index in [4.69, 9.17) is 0 Å². The normalized spacial score (nSPS) is 18.6. The second-order valence-electron chi connectivity index (χ2n) is 4.42. The lowest BCUT2D eigenvalue weighted by Crippen LogP contribution is -2.06. The molecule has 0 atom stereocenters. The second-order valence-corrected chi connectivity index (χ2v) is 4.42. The van der Waals surface area contributed by atoms with Crippen LogP contribution in [0.3, 0.4) is 0 Å². The van der Waals surface area contributed by atoms with Gasteiger partial charge in [-0.3, -0.25) is 0 Å². The van der Waals surface area contributed by atoms with Crippen molar-refractivity contribution in [3.8, 4) is 0 Å². The molecule has 1 aliphatic rings. The lowest BCUT2D eigenvalue weighted by Gasteiger charge is -2.12. The molecule has 1 aliphatic carbocycles. The van der Waals surface area contributed by atoms with Crippen LogP contribution in [-0.4, -0.2) is 5.11 Å². The van der Waals surface area contributed by atoms with E-state index in [1.165, 1.54) is 6.07 Å². The summed E-state index contributed by atoms with van der Waals surface area (Å²) in [6, 6.07) is 4.95. The summed E-state index contributed by atoms with van der Waals surface area (Å²) in [6.07, 6.45) is 1.60. The number of halogens is 1. The monoisotopic (exact) mass is 194 g/mol. The Kier molecular flexibility index (Phi) is 2.11. The number of benzene rings is 1. The second kappa shape index (κ2) is 3.06. The summed E-state index contributed by atoms with van der Waals surface area (Å²) in [5, 5.41) is 9.87. The molecule has 1 aromatic rings. The molecule has 0 heterocycles. The molecule has 0 bridgehead atoms. The van der Waals surface area contributed by atoms with E-state index in [-0.39, 0.29) is 11.7 Å². The molecule has 1 nitrogen and oxygen atoms in total. The highest BCUT2D eigenvalue weighted by atomic mass is 19.1. The summed E-state index contributed by atoms with van der Waals surface area (Å²) >= 11 is 0. The number of hydrogen-bond acceptors (Lipinski definition) is 1. The molecular formula is C12H15FO. The van der Waals surface area contributed by atoms with Gasteiger partial charge < -0.3 is 5.11 Å². The van der Waals surface area contributed by atoms with Crippen molar-refractivity contribution in [2.24, 2.45) is 0 Å². The van der Waals surface area contributed by atoms with E-state index in [1.54, 1.807) is 12.1 Å². The van der Waals surface area contributed by atoms with E-state index in [0.717, 1.165) is 18.4 Å².